The highest BCUT2D eigenvalue weighted by Gasteiger charge is 2.36. The Morgan fingerprint density at radius 1 is 1.26 bits per heavy atom. The molecule has 2 N–H and O–H groups in total. The SMILES string of the molecule is CCCCC(CC)CNC(=NCC(=O)N(C)C)NCC1(CCOC)CCC1. The minimum atomic E-state index is 0.0202. The van der Waals surface area contributed by atoms with Crippen LogP contribution in [-0.4, -0.2) is 64.2 Å². The molecule has 1 atom stereocenters. The van der Waals surface area contributed by atoms with Gasteiger partial charge in [0.1, 0.15) is 6.54 Å². The van der Waals surface area contributed by atoms with Crippen molar-refractivity contribution in [3.05, 3.63) is 0 Å². The van der Waals surface area contributed by atoms with Crippen LogP contribution in [0.15, 0.2) is 4.99 Å². The first-order chi connectivity index (χ1) is 13.0. The van der Waals surface area contributed by atoms with E-state index in [4.69, 9.17) is 4.74 Å². The van der Waals surface area contributed by atoms with Crippen molar-refractivity contribution in [3.63, 3.8) is 0 Å². The summed E-state index contributed by atoms with van der Waals surface area (Å²) in [5.74, 6) is 1.43. The van der Waals surface area contributed by atoms with Crippen molar-refractivity contribution in [2.45, 2.75) is 65.2 Å². The second-order valence-electron chi connectivity index (χ2n) is 8.20. The van der Waals surface area contributed by atoms with Crippen LogP contribution >= 0.6 is 0 Å². The van der Waals surface area contributed by atoms with Gasteiger partial charge >= 0.3 is 0 Å². The fourth-order valence-electron chi connectivity index (χ4n) is 3.43. The van der Waals surface area contributed by atoms with Gasteiger partial charge in [-0.3, -0.25) is 4.79 Å². The Morgan fingerprint density at radius 2 is 2.00 bits per heavy atom. The lowest BCUT2D eigenvalue weighted by Crippen LogP contribution is -2.48. The van der Waals surface area contributed by atoms with E-state index in [2.05, 4.69) is 29.5 Å². The van der Waals surface area contributed by atoms with Gasteiger partial charge in [0, 0.05) is 40.9 Å². The molecule has 0 spiro atoms. The van der Waals surface area contributed by atoms with Crippen LogP contribution in [0.5, 0.6) is 0 Å². The zero-order valence-electron chi connectivity index (χ0n) is 18.3. The minimum Gasteiger partial charge on any atom is -0.385 e. The molecule has 1 rings (SSSR count). The molecule has 0 bridgehead atoms. The maximum atomic E-state index is 11.9. The molecule has 158 valence electrons. The number of nitrogens with one attached hydrogen (secondary N) is 2. The standard InChI is InChI=1S/C21H42N4O2/c1-6-8-10-18(7-2)15-22-20(23-16-19(26)25(3)4)24-17-21(11-9-12-21)13-14-27-5/h18H,6-17H2,1-5H3,(H2,22,23,24). The molecular weight excluding hydrogens is 340 g/mol. The summed E-state index contributed by atoms with van der Waals surface area (Å²) in [5.41, 5.74) is 0.316. The second kappa shape index (κ2) is 13.0. The number of rotatable bonds is 13. The highest BCUT2D eigenvalue weighted by molar-refractivity contribution is 5.84. The van der Waals surface area contributed by atoms with E-state index in [1.807, 2.05) is 0 Å². The summed E-state index contributed by atoms with van der Waals surface area (Å²) in [6.07, 6.45) is 9.74. The molecule has 1 unspecified atom stereocenters. The summed E-state index contributed by atoms with van der Waals surface area (Å²) in [6.45, 7) is 7.26. The first kappa shape index (κ1) is 23.7. The number of methoxy groups -OCH3 is 1. The Hall–Kier alpha value is -1.30. The lowest BCUT2D eigenvalue weighted by atomic mass is 9.67. The van der Waals surface area contributed by atoms with Gasteiger partial charge in [0.15, 0.2) is 5.96 Å². The van der Waals surface area contributed by atoms with Crippen molar-refractivity contribution in [3.8, 4) is 0 Å². The molecule has 6 nitrogen and oxygen atoms in total. The van der Waals surface area contributed by atoms with E-state index in [-0.39, 0.29) is 12.5 Å². The highest BCUT2D eigenvalue weighted by atomic mass is 16.5. The predicted molar refractivity (Wildman–Crippen MR) is 113 cm³/mol. The normalized spacial score (nSPS) is 17.1. The van der Waals surface area contributed by atoms with Crippen molar-refractivity contribution in [1.29, 1.82) is 0 Å². The maximum Gasteiger partial charge on any atom is 0.243 e. The molecule has 0 aromatic heterocycles. The number of carbonyl (C=O) groups is 1. The van der Waals surface area contributed by atoms with E-state index in [0.717, 1.165) is 38.5 Å². The molecule has 1 aliphatic rings. The lowest BCUT2D eigenvalue weighted by Gasteiger charge is -2.42. The van der Waals surface area contributed by atoms with Gasteiger partial charge in [0.05, 0.1) is 0 Å². The fraction of sp³-hybridized carbons (Fsp3) is 0.905. The van der Waals surface area contributed by atoms with Crippen LogP contribution in [0, 0.1) is 11.3 Å². The molecule has 0 radical (unpaired) electrons. The summed E-state index contributed by atoms with van der Waals surface area (Å²) in [6, 6.07) is 0. The van der Waals surface area contributed by atoms with Crippen molar-refractivity contribution in [2.75, 3.05) is 47.4 Å². The molecule has 0 heterocycles. The first-order valence-corrected chi connectivity index (χ1v) is 10.7. The number of aliphatic imine (C=N–C) groups is 1. The second-order valence-corrected chi connectivity index (χ2v) is 8.20. The van der Waals surface area contributed by atoms with Gasteiger partial charge in [-0.15, -0.1) is 0 Å². The number of likely N-dealkylation sites (N-methyl/N-ethyl adjacent to an activating group) is 1. The summed E-state index contributed by atoms with van der Waals surface area (Å²) < 4.78 is 5.29. The number of guanidine groups is 1. The topological polar surface area (TPSA) is 66.0 Å². The van der Waals surface area contributed by atoms with Gasteiger partial charge < -0.3 is 20.3 Å². The summed E-state index contributed by atoms with van der Waals surface area (Å²) in [5, 5.41) is 7.00. The first-order valence-electron chi connectivity index (χ1n) is 10.7. The Bertz CT molecular complexity index is 447. The predicted octanol–water partition coefficient (Wildman–Crippen LogP) is 3.03. The number of carbonyl (C=O) groups excluding carboxylic acids is 1. The maximum absolute atomic E-state index is 11.9. The Balaban J connectivity index is 2.63. The molecule has 0 aromatic rings. The van der Waals surface area contributed by atoms with Gasteiger partial charge in [0.2, 0.25) is 5.91 Å². The third kappa shape index (κ3) is 8.96. The zero-order valence-corrected chi connectivity index (χ0v) is 18.3. The quantitative estimate of drug-likeness (QED) is 0.380. The number of hydrogen-bond acceptors (Lipinski definition) is 3. The Labute approximate surface area is 166 Å². The van der Waals surface area contributed by atoms with E-state index in [1.165, 1.54) is 38.5 Å². The average molecular weight is 383 g/mol. The van der Waals surface area contributed by atoms with Crippen molar-refractivity contribution in [2.24, 2.45) is 16.3 Å². The van der Waals surface area contributed by atoms with Crippen LogP contribution in [0.3, 0.4) is 0 Å². The third-order valence-electron chi connectivity index (χ3n) is 5.85. The number of amides is 1. The summed E-state index contributed by atoms with van der Waals surface area (Å²) in [4.78, 5) is 18.1. The van der Waals surface area contributed by atoms with Crippen LogP contribution in [-0.2, 0) is 9.53 Å². The van der Waals surface area contributed by atoms with E-state index in [9.17, 15) is 4.79 Å². The highest BCUT2D eigenvalue weighted by Crippen LogP contribution is 2.43. The van der Waals surface area contributed by atoms with Crippen LogP contribution in [0.4, 0.5) is 0 Å². The molecule has 0 aliphatic heterocycles. The molecule has 0 saturated heterocycles. The molecule has 1 fully saturated rings. The van der Waals surface area contributed by atoms with Crippen LogP contribution < -0.4 is 10.6 Å². The molecule has 27 heavy (non-hydrogen) atoms. The fourth-order valence-corrected chi connectivity index (χ4v) is 3.43. The zero-order chi connectivity index (χ0) is 20.1. The number of ether oxygens (including phenoxy) is 1. The van der Waals surface area contributed by atoms with Gasteiger partial charge in [-0.25, -0.2) is 4.99 Å². The molecule has 0 aromatic carbocycles. The van der Waals surface area contributed by atoms with Crippen molar-refractivity contribution >= 4 is 11.9 Å². The minimum absolute atomic E-state index is 0.0202. The summed E-state index contributed by atoms with van der Waals surface area (Å²) >= 11 is 0. The van der Waals surface area contributed by atoms with E-state index < -0.39 is 0 Å². The lowest BCUT2D eigenvalue weighted by molar-refractivity contribution is -0.127. The van der Waals surface area contributed by atoms with Gasteiger partial charge in [0.25, 0.3) is 0 Å². The van der Waals surface area contributed by atoms with Gasteiger partial charge in [-0.2, -0.15) is 0 Å². The molecule has 6 heteroatoms. The molecule has 1 aliphatic carbocycles. The summed E-state index contributed by atoms with van der Waals surface area (Å²) in [7, 11) is 5.30. The number of unbranched alkanes of at least 4 members (excludes halogenated alkanes) is 1. The Kier molecular flexibility index (Phi) is 11.4. The van der Waals surface area contributed by atoms with E-state index in [0.29, 0.717) is 11.3 Å². The monoisotopic (exact) mass is 382 g/mol. The molecule has 1 saturated carbocycles. The van der Waals surface area contributed by atoms with E-state index >= 15 is 0 Å². The molecular formula is C21H42N4O2. The smallest absolute Gasteiger partial charge is 0.243 e. The van der Waals surface area contributed by atoms with Gasteiger partial charge in [-0.05, 0) is 37.0 Å². The van der Waals surface area contributed by atoms with Crippen molar-refractivity contribution < 1.29 is 9.53 Å². The molecule has 1 amide bonds. The van der Waals surface area contributed by atoms with Crippen LogP contribution in [0.2, 0.25) is 0 Å². The van der Waals surface area contributed by atoms with Crippen molar-refractivity contribution in [1.82, 2.24) is 15.5 Å². The van der Waals surface area contributed by atoms with Crippen LogP contribution in [0.1, 0.15) is 65.2 Å². The van der Waals surface area contributed by atoms with Gasteiger partial charge in [-0.1, -0.05) is 39.5 Å². The Morgan fingerprint density at radius 3 is 2.52 bits per heavy atom. The number of nitrogens with zero attached hydrogens (tertiary/aromatic N) is 2. The van der Waals surface area contributed by atoms with Crippen LogP contribution in [0.25, 0.3) is 0 Å². The average Bonchev–Trinajstić information content (AvgIpc) is 2.63. The third-order valence-corrected chi connectivity index (χ3v) is 5.85. The number of hydrogen-bond donors (Lipinski definition) is 2. The largest absolute Gasteiger partial charge is 0.385 e. The van der Waals surface area contributed by atoms with E-state index in [1.54, 1.807) is 26.1 Å².